The second kappa shape index (κ2) is 6.57. The Balaban J connectivity index is 1.89. The first-order chi connectivity index (χ1) is 11.5. The minimum Gasteiger partial charge on any atom is -0.460 e. The first-order valence-corrected chi connectivity index (χ1v) is 7.88. The molecule has 0 saturated carbocycles. The number of hydrogen-bond donors (Lipinski definition) is 0. The summed E-state index contributed by atoms with van der Waals surface area (Å²) >= 11 is 5.76. The van der Waals surface area contributed by atoms with Crippen molar-refractivity contribution < 1.29 is 14.3 Å². The van der Waals surface area contributed by atoms with Gasteiger partial charge in [0.05, 0.1) is 5.69 Å². The average molecular weight is 346 g/mol. The third-order valence-corrected chi connectivity index (χ3v) is 4.37. The number of hydrogen-bond acceptors (Lipinski definition) is 5. The van der Waals surface area contributed by atoms with Crippen molar-refractivity contribution in [1.82, 2.24) is 15.1 Å². The van der Waals surface area contributed by atoms with Gasteiger partial charge >= 0.3 is 5.97 Å². The molecule has 1 atom stereocenters. The van der Waals surface area contributed by atoms with E-state index >= 15 is 0 Å². The molecule has 1 aliphatic heterocycles. The minimum atomic E-state index is -1.46. The second-order valence-electron chi connectivity index (χ2n) is 5.69. The Morgan fingerprint density at radius 2 is 2.00 bits per heavy atom. The fourth-order valence-electron chi connectivity index (χ4n) is 2.79. The predicted molar refractivity (Wildman–Crippen MR) is 87.2 cm³/mol. The van der Waals surface area contributed by atoms with Crippen LogP contribution in [0, 0.1) is 0 Å². The van der Waals surface area contributed by atoms with Gasteiger partial charge in [0.1, 0.15) is 6.61 Å². The highest BCUT2D eigenvalue weighted by Gasteiger charge is 2.55. The summed E-state index contributed by atoms with van der Waals surface area (Å²) in [7, 11) is 1.65. The van der Waals surface area contributed by atoms with Crippen LogP contribution in [0.5, 0.6) is 0 Å². The van der Waals surface area contributed by atoms with Crippen molar-refractivity contribution in [3.05, 3.63) is 58.9 Å². The molecule has 6 nitrogen and oxygen atoms in total. The maximum atomic E-state index is 12.8. The van der Waals surface area contributed by atoms with Gasteiger partial charge in [-0.25, -0.2) is 0 Å². The van der Waals surface area contributed by atoms with Gasteiger partial charge in [-0.1, -0.05) is 41.9 Å². The van der Waals surface area contributed by atoms with E-state index in [1.807, 2.05) is 30.3 Å². The van der Waals surface area contributed by atoms with Crippen LogP contribution in [0.3, 0.4) is 0 Å². The molecule has 0 aliphatic carbocycles. The Morgan fingerprint density at radius 1 is 1.25 bits per heavy atom. The molecule has 1 aromatic carbocycles. The van der Waals surface area contributed by atoms with E-state index in [-0.39, 0.29) is 23.4 Å². The quantitative estimate of drug-likeness (QED) is 0.625. The smallest absolute Gasteiger partial charge is 0.328 e. The highest BCUT2D eigenvalue weighted by Crippen LogP contribution is 2.36. The minimum absolute atomic E-state index is 0.0967. The lowest BCUT2D eigenvalue weighted by Gasteiger charge is -2.24. The Hall–Kier alpha value is -2.47. The van der Waals surface area contributed by atoms with E-state index in [2.05, 4.69) is 10.2 Å². The zero-order valence-corrected chi connectivity index (χ0v) is 13.9. The molecule has 3 rings (SSSR count). The van der Waals surface area contributed by atoms with E-state index in [1.54, 1.807) is 13.1 Å². The number of likely N-dealkylation sites (N-methyl/N-ethyl adjacent to an activating group) is 1. The largest absolute Gasteiger partial charge is 0.460 e. The van der Waals surface area contributed by atoms with Crippen LogP contribution in [0.2, 0.25) is 5.15 Å². The molecule has 1 aromatic heterocycles. The van der Waals surface area contributed by atoms with Gasteiger partial charge in [-0.3, -0.25) is 9.59 Å². The highest BCUT2D eigenvalue weighted by atomic mass is 35.5. The topological polar surface area (TPSA) is 72.4 Å². The lowest BCUT2D eigenvalue weighted by Crippen LogP contribution is -2.45. The van der Waals surface area contributed by atoms with Gasteiger partial charge in [-0.2, -0.15) is 5.10 Å². The zero-order chi connectivity index (χ0) is 17.2. The van der Waals surface area contributed by atoms with E-state index < -0.39 is 11.4 Å². The standard InChI is InChI=1S/C17H16ClN3O3/c1-21-10-9-17(15(21)22,13-7-8-14(18)20-19-13)16(23)24-11-12-5-3-2-4-6-12/h2-8H,9-11H2,1H3. The normalized spacial score (nSPS) is 20.2. The van der Waals surface area contributed by atoms with Gasteiger partial charge in [0, 0.05) is 13.6 Å². The van der Waals surface area contributed by atoms with Gasteiger partial charge in [0.15, 0.2) is 10.6 Å². The first kappa shape index (κ1) is 16.4. The average Bonchev–Trinajstić information content (AvgIpc) is 2.91. The maximum Gasteiger partial charge on any atom is 0.328 e. The van der Waals surface area contributed by atoms with Crippen molar-refractivity contribution in [2.75, 3.05) is 13.6 Å². The van der Waals surface area contributed by atoms with Crippen molar-refractivity contribution >= 4 is 23.5 Å². The van der Waals surface area contributed by atoms with Gasteiger partial charge in [-0.05, 0) is 24.1 Å². The Bertz CT molecular complexity index is 751. The summed E-state index contributed by atoms with van der Waals surface area (Å²) in [5, 5.41) is 7.93. The number of nitrogens with zero attached hydrogens (tertiary/aromatic N) is 3. The number of likely N-dealkylation sites (tertiary alicyclic amines) is 1. The number of benzene rings is 1. The summed E-state index contributed by atoms with van der Waals surface area (Å²) in [6.45, 7) is 0.545. The summed E-state index contributed by atoms with van der Waals surface area (Å²) in [5.41, 5.74) is -0.345. The number of halogens is 1. The molecule has 124 valence electrons. The van der Waals surface area contributed by atoms with Gasteiger partial charge in [-0.15, -0.1) is 5.10 Å². The third-order valence-electron chi connectivity index (χ3n) is 4.16. The molecular formula is C17H16ClN3O3. The number of ether oxygens (including phenoxy) is 1. The maximum absolute atomic E-state index is 12.8. The van der Waals surface area contributed by atoms with E-state index in [4.69, 9.17) is 16.3 Å². The molecule has 0 radical (unpaired) electrons. The molecule has 1 aliphatic rings. The molecule has 0 bridgehead atoms. The van der Waals surface area contributed by atoms with Gasteiger partial charge in [0.2, 0.25) is 5.91 Å². The first-order valence-electron chi connectivity index (χ1n) is 7.50. The lowest BCUT2D eigenvalue weighted by molar-refractivity contribution is -0.156. The van der Waals surface area contributed by atoms with Gasteiger partial charge in [0.25, 0.3) is 0 Å². The second-order valence-corrected chi connectivity index (χ2v) is 6.07. The van der Waals surface area contributed by atoms with Crippen LogP contribution < -0.4 is 0 Å². The van der Waals surface area contributed by atoms with Crippen LogP contribution in [0.4, 0.5) is 0 Å². The Morgan fingerprint density at radius 3 is 2.58 bits per heavy atom. The van der Waals surface area contributed by atoms with Crippen LogP contribution in [-0.2, 0) is 26.3 Å². The molecule has 2 heterocycles. The van der Waals surface area contributed by atoms with Crippen molar-refractivity contribution in [3.8, 4) is 0 Å². The lowest BCUT2D eigenvalue weighted by atomic mass is 9.82. The van der Waals surface area contributed by atoms with Crippen molar-refractivity contribution in [2.45, 2.75) is 18.4 Å². The molecule has 1 fully saturated rings. The number of esters is 1. The number of rotatable bonds is 4. The summed E-state index contributed by atoms with van der Waals surface area (Å²) < 4.78 is 5.43. The summed E-state index contributed by atoms with van der Waals surface area (Å²) in [6, 6.07) is 12.4. The highest BCUT2D eigenvalue weighted by molar-refractivity contribution is 6.29. The molecule has 0 N–H and O–H groups in total. The predicted octanol–water partition coefficient (Wildman–Crippen LogP) is 1.97. The van der Waals surface area contributed by atoms with Crippen LogP contribution in [-0.4, -0.2) is 40.6 Å². The number of amides is 1. The van der Waals surface area contributed by atoms with Crippen LogP contribution in [0.1, 0.15) is 17.7 Å². The fraction of sp³-hybridized carbons (Fsp3) is 0.294. The van der Waals surface area contributed by atoms with Crippen LogP contribution in [0.25, 0.3) is 0 Å². The third kappa shape index (κ3) is 2.85. The monoisotopic (exact) mass is 345 g/mol. The molecular weight excluding hydrogens is 330 g/mol. The Labute approximate surface area is 144 Å². The van der Waals surface area contributed by atoms with E-state index in [0.717, 1.165) is 5.56 Å². The summed E-state index contributed by atoms with van der Waals surface area (Å²) in [5.74, 6) is -0.950. The van der Waals surface area contributed by atoms with Crippen LogP contribution in [0.15, 0.2) is 42.5 Å². The number of carbonyl (C=O) groups excluding carboxylic acids is 2. The van der Waals surface area contributed by atoms with E-state index in [9.17, 15) is 9.59 Å². The molecule has 7 heteroatoms. The van der Waals surface area contributed by atoms with Crippen molar-refractivity contribution in [3.63, 3.8) is 0 Å². The van der Waals surface area contributed by atoms with Crippen molar-refractivity contribution in [2.24, 2.45) is 0 Å². The summed E-state index contributed by atoms with van der Waals surface area (Å²) in [6.07, 6.45) is 0.298. The number of carbonyl (C=O) groups is 2. The molecule has 24 heavy (non-hydrogen) atoms. The van der Waals surface area contributed by atoms with Crippen LogP contribution >= 0.6 is 11.6 Å². The summed E-state index contributed by atoms with van der Waals surface area (Å²) in [4.78, 5) is 27.0. The molecule has 0 spiro atoms. The SMILES string of the molecule is CN1CCC(C(=O)OCc2ccccc2)(c2ccc(Cl)nn2)C1=O. The molecule has 1 saturated heterocycles. The van der Waals surface area contributed by atoms with Crippen molar-refractivity contribution in [1.29, 1.82) is 0 Å². The molecule has 1 amide bonds. The fourth-order valence-corrected chi connectivity index (χ4v) is 2.89. The molecule has 2 aromatic rings. The Kier molecular flexibility index (Phi) is 4.49. The zero-order valence-electron chi connectivity index (χ0n) is 13.1. The van der Waals surface area contributed by atoms with E-state index in [0.29, 0.717) is 13.0 Å². The van der Waals surface area contributed by atoms with Gasteiger partial charge < -0.3 is 9.64 Å². The van der Waals surface area contributed by atoms with E-state index in [1.165, 1.54) is 11.0 Å². The number of aromatic nitrogens is 2. The molecule has 1 unspecified atom stereocenters.